The molecule has 1 N–H and O–H groups in total. The van der Waals surface area contributed by atoms with E-state index in [4.69, 9.17) is 4.74 Å². The van der Waals surface area contributed by atoms with Gasteiger partial charge in [0, 0.05) is 22.1 Å². The number of rotatable bonds is 7. The molecule has 0 unspecified atom stereocenters. The lowest BCUT2D eigenvalue weighted by Gasteiger charge is -2.11. The van der Waals surface area contributed by atoms with Crippen molar-refractivity contribution in [3.05, 3.63) is 98.5 Å². The fourth-order valence-corrected chi connectivity index (χ4v) is 3.79. The number of ether oxygens (including phenoxy) is 1. The van der Waals surface area contributed by atoms with Crippen molar-refractivity contribution in [2.75, 3.05) is 11.9 Å². The first-order valence-electron chi connectivity index (χ1n) is 10.8. The molecule has 0 fully saturated rings. The number of halogens is 1. The van der Waals surface area contributed by atoms with Crippen LogP contribution < -0.4 is 15.6 Å². The Kier molecular flexibility index (Phi) is 7.18. The Morgan fingerprint density at radius 3 is 2.71 bits per heavy atom. The van der Waals surface area contributed by atoms with Gasteiger partial charge in [0.25, 0.3) is 11.5 Å². The fourth-order valence-electron chi connectivity index (χ4n) is 3.42. The second-order valence-electron chi connectivity index (χ2n) is 7.59. The lowest BCUT2D eigenvalue weighted by Crippen LogP contribution is -2.22. The van der Waals surface area contributed by atoms with Gasteiger partial charge in [-0.2, -0.15) is 9.78 Å². The molecule has 0 saturated heterocycles. The Morgan fingerprint density at radius 1 is 1.15 bits per heavy atom. The highest BCUT2D eigenvalue weighted by Gasteiger charge is 2.11. The van der Waals surface area contributed by atoms with E-state index in [9.17, 15) is 9.59 Å². The van der Waals surface area contributed by atoms with Crippen molar-refractivity contribution in [3.63, 3.8) is 0 Å². The zero-order valence-electron chi connectivity index (χ0n) is 18.8. The number of carbonyl (C=O) groups excluding carboxylic acids is 1. The van der Waals surface area contributed by atoms with Crippen molar-refractivity contribution < 1.29 is 9.53 Å². The molecule has 7 nitrogen and oxygen atoms in total. The molecule has 172 valence electrons. The minimum Gasteiger partial charge on any atom is -0.483 e. The Labute approximate surface area is 205 Å². The molecular weight excluding hydrogens is 496 g/mol. The zero-order chi connectivity index (χ0) is 24.1. The molecule has 1 amide bonds. The first kappa shape index (κ1) is 23.4. The van der Waals surface area contributed by atoms with Gasteiger partial charge in [-0.3, -0.25) is 9.59 Å². The third kappa shape index (κ3) is 5.23. The number of nitrogens with zero attached hydrogens (tertiary/aromatic N) is 3. The molecule has 0 spiro atoms. The van der Waals surface area contributed by atoms with Gasteiger partial charge in [-0.1, -0.05) is 53.2 Å². The number of nitrogens with one attached hydrogen (secondary N) is 1. The van der Waals surface area contributed by atoms with E-state index in [0.717, 1.165) is 15.7 Å². The molecule has 4 rings (SSSR count). The lowest BCUT2D eigenvalue weighted by atomic mass is 10.2. The van der Waals surface area contributed by atoms with Crippen LogP contribution in [0.2, 0.25) is 0 Å². The van der Waals surface area contributed by atoms with Gasteiger partial charge >= 0.3 is 0 Å². The summed E-state index contributed by atoms with van der Waals surface area (Å²) in [5.74, 6) is 0.760. The summed E-state index contributed by atoms with van der Waals surface area (Å²) in [6, 6.07) is 20.1. The van der Waals surface area contributed by atoms with E-state index in [1.807, 2.05) is 56.3 Å². The lowest BCUT2D eigenvalue weighted by molar-refractivity contribution is -0.118. The minimum atomic E-state index is -0.269. The number of amides is 1. The number of aromatic nitrogens is 2. The number of hydrogen-bond acceptors (Lipinski definition) is 5. The highest BCUT2D eigenvalue weighted by atomic mass is 79.9. The molecule has 8 heteroatoms. The molecule has 0 saturated carbocycles. The van der Waals surface area contributed by atoms with Crippen LogP contribution in [-0.4, -0.2) is 28.4 Å². The van der Waals surface area contributed by atoms with Crippen LogP contribution in [0.4, 0.5) is 5.69 Å². The monoisotopic (exact) mass is 518 g/mol. The molecule has 4 aromatic rings. The van der Waals surface area contributed by atoms with Crippen LogP contribution >= 0.6 is 15.9 Å². The SMILES string of the molecule is CCc1nc2ccc(Br)cc2c(=O)n1N=Cc1ccccc1OCC(=O)Nc1ccccc1C. The Morgan fingerprint density at radius 2 is 1.91 bits per heavy atom. The van der Waals surface area contributed by atoms with E-state index in [-0.39, 0.29) is 18.1 Å². The van der Waals surface area contributed by atoms with Gasteiger partial charge < -0.3 is 10.1 Å². The number of benzene rings is 3. The summed E-state index contributed by atoms with van der Waals surface area (Å²) in [6.45, 7) is 3.68. The first-order valence-corrected chi connectivity index (χ1v) is 11.6. The smallest absolute Gasteiger partial charge is 0.282 e. The van der Waals surface area contributed by atoms with Crippen LogP contribution in [0.5, 0.6) is 5.75 Å². The van der Waals surface area contributed by atoms with Gasteiger partial charge in [-0.25, -0.2) is 4.98 Å². The average Bonchev–Trinajstić information content (AvgIpc) is 2.84. The number of aryl methyl sites for hydroxylation is 2. The fraction of sp³-hybridized carbons (Fsp3) is 0.154. The van der Waals surface area contributed by atoms with Crippen LogP contribution in [0, 0.1) is 6.92 Å². The summed E-state index contributed by atoms with van der Waals surface area (Å²) in [5, 5.41) is 7.73. The predicted octanol–water partition coefficient (Wildman–Crippen LogP) is 4.93. The van der Waals surface area contributed by atoms with Crippen molar-refractivity contribution >= 4 is 44.6 Å². The number of anilines is 1. The number of para-hydroxylation sites is 2. The largest absolute Gasteiger partial charge is 0.483 e. The molecule has 0 bridgehead atoms. The molecule has 0 aliphatic rings. The molecule has 1 heterocycles. The van der Waals surface area contributed by atoms with E-state index in [1.54, 1.807) is 30.5 Å². The van der Waals surface area contributed by atoms with E-state index < -0.39 is 0 Å². The second-order valence-corrected chi connectivity index (χ2v) is 8.51. The maximum absolute atomic E-state index is 13.1. The van der Waals surface area contributed by atoms with Crippen molar-refractivity contribution in [1.29, 1.82) is 0 Å². The van der Waals surface area contributed by atoms with E-state index in [2.05, 4.69) is 31.3 Å². The van der Waals surface area contributed by atoms with Crippen LogP contribution in [0.15, 0.2) is 81.1 Å². The summed E-state index contributed by atoms with van der Waals surface area (Å²) in [7, 11) is 0. The highest BCUT2D eigenvalue weighted by molar-refractivity contribution is 9.10. The maximum Gasteiger partial charge on any atom is 0.282 e. The van der Waals surface area contributed by atoms with Crippen molar-refractivity contribution in [3.8, 4) is 5.75 Å². The highest BCUT2D eigenvalue weighted by Crippen LogP contribution is 2.18. The van der Waals surface area contributed by atoms with Gasteiger partial charge in [-0.15, -0.1) is 0 Å². The number of fused-ring (bicyclic) bond motifs is 1. The van der Waals surface area contributed by atoms with E-state index >= 15 is 0 Å². The Bertz CT molecular complexity index is 1450. The van der Waals surface area contributed by atoms with Gasteiger partial charge in [0.1, 0.15) is 11.6 Å². The number of carbonyl (C=O) groups is 1. The summed E-state index contributed by atoms with van der Waals surface area (Å²) < 4.78 is 7.85. The van der Waals surface area contributed by atoms with Gasteiger partial charge in [-0.05, 0) is 48.9 Å². The summed E-state index contributed by atoms with van der Waals surface area (Å²) in [4.78, 5) is 30.0. The van der Waals surface area contributed by atoms with Gasteiger partial charge in [0.05, 0.1) is 17.1 Å². The molecule has 0 aliphatic carbocycles. The van der Waals surface area contributed by atoms with E-state index in [1.165, 1.54) is 4.68 Å². The normalized spacial score (nSPS) is 11.1. The molecule has 0 aliphatic heterocycles. The van der Waals surface area contributed by atoms with E-state index in [0.29, 0.717) is 34.5 Å². The molecular formula is C26H23BrN4O3. The topological polar surface area (TPSA) is 85.6 Å². The Balaban J connectivity index is 1.56. The molecule has 1 aromatic heterocycles. The van der Waals surface area contributed by atoms with Crippen LogP contribution in [0.3, 0.4) is 0 Å². The standard InChI is InChI=1S/C26H23BrN4O3/c1-3-24-29-22-13-12-19(27)14-20(22)26(33)31(24)28-15-18-9-5-7-11-23(18)34-16-25(32)30-21-10-6-4-8-17(21)2/h4-15H,3,16H2,1-2H3,(H,30,32). The summed E-state index contributed by atoms with van der Waals surface area (Å²) in [5.41, 5.74) is 2.72. The summed E-state index contributed by atoms with van der Waals surface area (Å²) in [6.07, 6.45) is 2.08. The third-order valence-corrected chi connectivity index (χ3v) is 5.69. The quantitative estimate of drug-likeness (QED) is 0.351. The van der Waals surface area contributed by atoms with Crippen molar-refractivity contribution in [1.82, 2.24) is 9.66 Å². The zero-order valence-corrected chi connectivity index (χ0v) is 20.4. The second kappa shape index (κ2) is 10.4. The molecule has 0 radical (unpaired) electrons. The van der Waals surface area contributed by atoms with Gasteiger partial charge in [0.2, 0.25) is 0 Å². The first-order chi connectivity index (χ1) is 16.5. The van der Waals surface area contributed by atoms with Gasteiger partial charge in [0.15, 0.2) is 6.61 Å². The maximum atomic E-state index is 13.1. The summed E-state index contributed by atoms with van der Waals surface area (Å²) >= 11 is 3.40. The minimum absolute atomic E-state index is 0.162. The van der Waals surface area contributed by atoms with Crippen LogP contribution in [0.25, 0.3) is 10.9 Å². The third-order valence-electron chi connectivity index (χ3n) is 5.20. The molecule has 0 atom stereocenters. The predicted molar refractivity (Wildman–Crippen MR) is 138 cm³/mol. The van der Waals surface area contributed by atoms with Crippen LogP contribution in [-0.2, 0) is 11.2 Å². The Hall–Kier alpha value is -3.78. The molecule has 3 aromatic carbocycles. The number of hydrogen-bond donors (Lipinski definition) is 1. The van der Waals surface area contributed by atoms with Crippen molar-refractivity contribution in [2.45, 2.75) is 20.3 Å². The van der Waals surface area contributed by atoms with Crippen molar-refractivity contribution in [2.24, 2.45) is 5.10 Å². The average molecular weight is 519 g/mol. The molecule has 34 heavy (non-hydrogen) atoms. The van der Waals surface area contributed by atoms with Crippen LogP contribution in [0.1, 0.15) is 23.9 Å².